The number of methoxy groups -OCH3 is 1. The number of rotatable bonds is 5. The predicted octanol–water partition coefficient (Wildman–Crippen LogP) is 1.77. The van der Waals surface area contributed by atoms with Crippen molar-refractivity contribution in [2.75, 3.05) is 26.8 Å². The van der Waals surface area contributed by atoms with Crippen LogP contribution >= 0.6 is 0 Å². The maximum Gasteiger partial charge on any atom is 0.241 e. The molecule has 0 radical (unpaired) electrons. The number of imidazole rings is 1. The highest BCUT2D eigenvalue weighted by Crippen LogP contribution is 2.21. The molecule has 4 rings (SSSR count). The Morgan fingerprint density at radius 1 is 1.29 bits per heavy atom. The molecule has 1 amide bonds. The molecule has 3 heterocycles. The van der Waals surface area contributed by atoms with Gasteiger partial charge in [-0.2, -0.15) is 0 Å². The van der Waals surface area contributed by atoms with Crippen molar-refractivity contribution in [3.8, 4) is 0 Å². The van der Waals surface area contributed by atoms with Gasteiger partial charge in [-0.3, -0.25) is 10.2 Å². The van der Waals surface area contributed by atoms with Gasteiger partial charge in [0.2, 0.25) is 5.91 Å². The number of nitrogens with zero attached hydrogens (tertiary/aromatic N) is 3. The smallest absolute Gasteiger partial charge is 0.241 e. The zero-order valence-corrected chi connectivity index (χ0v) is 17.1. The fourth-order valence-corrected chi connectivity index (χ4v) is 4.46. The van der Waals surface area contributed by atoms with E-state index < -0.39 is 0 Å². The zero-order valence-electron chi connectivity index (χ0n) is 17.1. The Morgan fingerprint density at radius 2 is 2.11 bits per heavy atom. The molecule has 0 bridgehead atoms. The number of piperidine rings is 1. The Labute approximate surface area is 166 Å². The third-order valence-electron chi connectivity index (χ3n) is 6.17. The number of hydrogen-bond acceptors (Lipinski definition) is 5. The second-order valence-electron chi connectivity index (χ2n) is 8.34. The lowest BCUT2D eigenvalue weighted by molar-refractivity contribution is -0.135. The summed E-state index contributed by atoms with van der Waals surface area (Å²) in [4.78, 5) is 19.5. The number of carbonyl (C=O) groups is 1. The number of aromatic nitrogens is 2. The van der Waals surface area contributed by atoms with Gasteiger partial charge in [0, 0.05) is 32.8 Å². The first-order valence-corrected chi connectivity index (χ1v) is 10.3. The van der Waals surface area contributed by atoms with E-state index in [-0.39, 0.29) is 18.0 Å². The quantitative estimate of drug-likeness (QED) is 0.821. The number of hydrazine groups is 1. The molecule has 2 N–H and O–H groups in total. The molecular formula is C21H31N5O2. The highest BCUT2D eigenvalue weighted by atomic mass is 16.5. The molecule has 2 aromatic rings. The van der Waals surface area contributed by atoms with E-state index in [1.165, 1.54) is 11.1 Å². The van der Waals surface area contributed by atoms with Crippen molar-refractivity contribution < 1.29 is 9.53 Å². The van der Waals surface area contributed by atoms with Crippen molar-refractivity contribution in [3.63, 3.8) is 0 Å². The average molecular weight is 386 g/mol. The molecule has 3 unspecified atom stereocenters. The monoisotopic (exact) mass is 385 g/mol. The summed E-state index contributed by atoms with van der Waals surface area (Å²) in [5, 5.41) is 0. The van der Waals surface area contributed by atoms with Crippen LogP contribution in [0.15, 0.2) is 18.5 Å². The second-order valence-corrected chi connectivity index (χ2v) is 8.34. The van der Waals surface area contributed by atoms with Gasteiger partial charge in [0.25, 0.3) is 0 Å². The van der Waals surface area contributed by atoms with Gasteiger partial charge >= 0.3 is 0 Å². The number of nitrogens with one attached hydrogen (secondary N) is 2. The number of likely N-dealkylation sites (tertiary alicyclic amines) is 1. The van der Waals surface area contributed by atoms with E-state index in [1.54, 1.807) is 7.11 Å². The number of amides is 1. The van der Waals surface area contributed by atoms with Gasteiger partial charge in [-0.05, 0) is 62.3 Å². The number of ether oxygens (including phenoxy) is 1. The van der Waals surface area contributed by atoms with Crippen molar-refractivity contribution in [1.29, 1.82) is 0 Å². The van der Waals surface area contributed by atoms with E-state index in [9.17, 15) is 4.79 Å². The zero-order chi connectivity index (χ0) is 19.7. The first-order chi connectivity index (χ1) is 13.5. The van der Waals surface area contributed by atoms with Crippen LogP contribution in [0.3, 0.4) is 0 Å². The molecule has 28 heavy (non-hydrogen) atoms. The average Bonchev–Trinajstić information content (AvgIpc) is 3.30. The number of benzene rings is 1. The Bertz CT molecular complexity index is 847. The third kappa shape index (κ3) is 3.92. The number of carbonyl (C=O) groups excluding carboxylic acids is 1. The van der Waals surface area contributed by atoms with Gasteiger partial charge in [-0.15, -0.1) is 0 Å². The molecule has 2 aliphatic rings. The molecule has 2 fully saturated rings. The van der Waals surface area contributed by atoms with E-state index in [1.807, 2.05) is 11.2 Å². The van der Waals surface area contributed by atoms with Gasteiger partial charge < -0.3 is 14.2 Å². The van der Waals surface area contributed by atoms with Crippen molar-refractivity contribution >= 4 is 16.9 Å². The van der Waals surface area contributed by atoms with Crippen LogP contribution in [0, 0.1) is 19.8 Å². The second kappa shape index (κ2) is 8.19. The summed E-state index contributed by atoms with van der Waals surface area (Å²) in [6, 6.07) is 4.38. The summed E-state index contributed by atoms with van der Waals surface area (Å²) < 4.78 is 7.47. The number of hydrogen-bond donors (Lipinski definition) is 2. The lowest BCUT2D eigenvalue weighted by Gasteiger charge is -2.33. The minimum absolute atomic E-state index is 0.162. The van der Waals surface area contributed by atoms with E-state index >= 15 is 0 Å². The van der Waals surface area contributed by atoms with E-state index in [0.29, 0.717) is 5.92 Å². The normalized spacial score (nSPS) is 25.5. The molecule has 0 saturated carbocycles. The first-order valence-electron chi connectivity index (χ1n) is 10.3. The SMILES string of the molecule is COCC1CCCN(C(=O)C2CC(Cn3cnc4cc(C)c(C)cc43)NN2)C1. The molecule has 0 spiro atoms. The maximum absolute atomic E-state index is 13.0. The van der Waals surface area contributed by atoms with Gasteiger partial charge in [0.15, 0.2) is 0 Å². The molecule has 2 saturated heterocycles. The van der Waals surface area contributed by atoms with Gasteiger partial charge in [0.05, 0.1) is 24.0 Å². The van der Waals surface area contributed by atoms with Crippen molar-refractivity contribution in [2.24, 2.45) is 5.92 Å². The van der Waals surface area contributed by atoms with E-state index in [4.69, 9.17) is 4.74 Å². The summed E-state index contributed by atoms with van der Waals surface area (Å²) >= 11 is 0. The summed E-state index contributed by atoms with van der Waals surface area (Å²) in [6.07, 6.45) is 4.89. The minimum atomic E-state index is -0.162. The number of fused-ring (bicyclic) bond motifs is 1. The fourth-order valence-electron chi connectivity index (χ4n) is 4.46. The van der Waals surface area contributed by atoms with Gasteiger partial charge in [-0.1, -0.05) is 0 Å². The third-order valence-corrected chi connectivity index (χ3v) is 6.17. The highest BCUT2D eigenvalue weighted by Gasteiger charge is 2.34. The molecule has 152 valence electrons. The van der Waals surface area contributed by atoms with Crippen molar-refractivity contribution in [2.45, 2.75) is 51.7 Å². The Kier molecular flexibility index (Phi) is 5.66. The molecule has 2 aliphatic heterocycles. The van der Waals surface area contributed by atoms with Crippen LogP contribution in [0.25, 0.3) is 11.0 Å². The number of aryl methyl sites for hydroxylation is 2. The van der Waals surface area contributed by atoms with Crippen LogP contribution in [-0.2, 0) is 16.1 Å². The summed E-state index contributed by atoms with van der Waals surface area (Å²) in [5.41, 5.74) is 11.3. The topological polar surface area (TPSA) is 71.4 Å². The predicted molar refractivity (Wildman–Crippen MR) is 109 cm³/mol. The largest absolute Gasteiger partial charge is 0.384 e. The standard InChI is InChI=1S/C21H31N5O2/c1-14-7-18-20(8-15(14)2)26(13-22-18)11-17-9-19(24-23-17)21(27)25-6-4-5-16(10-25)12-28-3/h7-8,13,16-17,19,23-24H,4-6,9-12H2,1-3H3. The Hall–Kier alpha value is -1.96. The van der Waals surface area contributed by atoms with Crippen LogP contribution in [0.2, 0.25) is 0 Å². The summed E-state index contributed by atoms with van der Waals surface area (Å²) in [5.74, 6) is 0.662. The maximum atomic E-state index is 13.0. The summed E-state index contributed by atoms with van der Waals surface area (Å²) in [6.45, 7) is 7.43. The van der Waals surface area contributed by atoms with Crippen LogP contribution in [0.4, 0.5) is 0 Å². The first kappa shape index (κ1) is 19.4. The van der Waals surface area contributed by atoms with E-state index in [2.05, 4.69) is 46.4 Å². The van der Waals surface area contributed by atoms with Crippen molar-refractivity contribution in [1.82, 2.24) is 25.3 Å². The van der Waals surface area contributed by atoms with Gasteiger partial charge in [0.1, 0.15) is 6.04 Å². The van der Waals surface area contributed by atoms with Crippen LogP contribution < -0.4 is 10.9 Å². The molecule has 3 atom stereocenters. The fraction of sp³-hybridized carbons (Fsp3) is 0.619. The molecule has 1 aromatic carbocycles. The van der Waals surface area contributed by atoms with Crippen LogP contribution in [0.5, 0.6) is 0 Å². The van der Waals surface area contributed by atoms with Gasteiger partial charge in [-0.25, -0.2) is 10.4 Å². The van der Waals surface area contributed by atoms with Crippen LogP contribution in [-0.4, -0.2) is 59.2 Å². The Balaban J connectivity index is 1.38. The lowest BCUT2D eigenvalue weighted by Crippen LogP contribution is -2.49. The molecule has 0 aliphatic carbocycles. The molecular weight excluding hydrogens is 354 g/mol. The van der Waals surface area contributed by atoms with Crippen LogP contribution in [0.1, 0.15) is 30.4 Å². The van der Waals surface area contributed by atoms with Crippen molar-refractivity contribution in [3.05, 3.63) is 29.6 Å². The highest BCUT2D eigenvalue weighted by molar-refractivity contribution is 5.82. The minimum Gasteiger partial charge on any atom is -0.384 e. The summed E-state index contributed by atoms with van der Waals surface area (Å²) in [7, 11) is 1.73. The molecule has 7 nitrogen and oxygen atoms in total. The molecule has 7 heteroatoms. The van der Waals surface area contributed by atoms with E-state index in [0.717, 1.165) is 56.5 Å². The lowest BCUT2D eigenvalue weighted by atomic mass is 9.98. The Morgan fingerprint density at radius 3 is 2.93 bits per heavy atom. The molecule has 1 aromatic heterocycles.